The van der Waals surface area contributed by atoms with Crippen LogP contribution in [-0.2, 0) is 9.05 Å². The second-order valence-corrected chi connectivity index (χ2v) is 7.80. The van der Waals surface area contributed by atoms with Crippen LogP contribution < -0.4 is 0 Å². The van der Waals surface area contributed by atoms with Gasteiger partial charge in [-0.2, -0.15) is 0 Å². The van der Waals surface area contributed by atoms with E-state index in [0.29, 0.717) is 0 Å². The third kappa shape index (κ3) is 2.12. The van der Waals surface area contributed by atoms with Crippen molar-refractivity contribution in [3.05, 3.63) is 0 Å². The SMILES string of the molecule is FP1(F)=NP(F)(F)=NP2(=N1)OCCO2. The third-order valence-corrected chi connectivity index (χ3v) is 7.55. The molecular formula is C2H4F4N3O2P3. The highest BCUT2D eigenvalue weighted by molar-refractivity contribution is 7.77. The number of halogens is 4. The first-order chi connectivity index (χ1) is 6.33. The molecule has 0 aromatic heterocycles. The van der Waals surface area contributed by atoms with Gasteiger partial charge in [-0.25, -0.2) is 0 Å². The van der Waals surface area contributed by atoms with Crippen LogP contribution >= 0.6 is 23.3 Å². The van der Waals surface area contributed by atoms with Crippen LogP contribution in [0.4, 0.5) is 16.8 Å². The first-order valence-corrected chi connectivity index (χ1v) is 7.80. The van der Waals surface area contributed by atoms with Crippen molar-refractivity contribution in [3.63, 3.8) is 0 Å². The van der Waals surface area contributed by atoms with Crippen molar-refractivity contribution in [2.45, 2.75) is 0 Å². The zero-order chi connectivity index (χ0) is 10.4. The van der Waals surface area contributed by atoms with Crippen molar-refractivity contribution >= 4 is 23.3 Å². The van der Waals surface area contributed by atoms with E-state index < -0.39 is 23.3 Å². The summed E-state index contributed by atoms with van der Waals surface area (Å²) in [5.41, 5.74) is 0. The fraction of sp³-hybridized carbons (Fsp3) is 1.00. The van der Waals surface area contributed by atoms with E-state index >= 15 is 0 Å². The number of hydrogen-bond donors (Lipinski definition) is 0. The first-order valence-electron chi connectivity index (χ1n) is 3.32. The largest absolute Gasteiger partial charge is 0.425 e. The molecule has 2 rings (SSSR count). The summed E-state index contributed by atoms with van der Waals surface area (Å²) in [5, 5.41) is 0. The standard InChI is InChI=1S/C2H4F4N3O2P3/c3-12(4)7-13(5,6)9-14(8-12)10-1-2-11-14/h1-2H2. The lowest BCUT2D eigenvalue weighted by molar-refractivity contribution is 0.365. The van der Waals surface area contributed by atoms with E-state index in [4.69, 9.17) is 0 Å². The van der Waals surface area contributed by atoms with E-state index in [-0.39, 0.29) is 13.2 Å². The van der Waals surface area contributed by atoms with Crippen molar-refractivity contribution in [2.24, 2.45) is 13.5 Å². The van der Waals surface area contributed by atoms with Gasteiger partial charge in [0, 0.05) is 0 Å². The number of nitrogens with zero attached hydrogens (tertiary/aromatic N) is 3. The average Bonchev–Trinajstić information content (AvgIpc) is 2.27. The summed E-state index contributed by atoms with van der Waals surface area (Å²) in [7, 11) is -14.4. The Balaban J connectivity index is 2.62. The van der Waals surface area contributed by atoms with Crippen molar-refractivity contribution < 1.29 is 25.8 Å². The Bertz CT molecular complexity index is 404. The van der Waals surface area contributed by atoms with Gasteiger partial charge in [0.2, 0.25) is 0 Å². The summed E-state index contributed by atoms with van der Waals surface area (Å²) in [5.74, 6) is 0. The highest BCUT2D eigenvalue weighted by atomic mass is 31.3. The smallest absolute Gasteiger partial charge is 0.304 e. The van der Waals surface area contributed by atoms with Gasteiger partial charge in [0.15, 0.2) is 0 Å². The van der Waals surface area contributed by atoms with Crippen LogP contribution in [0.25, 0.3) is 0 Å². The Morgan fingerprint density at radius 3 is 1.79 bits per heavy atom. The van der Waals surface area contributed by atoms with Crippen LogP contribution in [0.5, 0.6) is 0 Å². The third-order valence-electron chi connectivity index (χ3n) is 1.26. The highest BCUT2D eigenvalue weighted by Gasteiger charge is 2.42. The van der Waals surface area contributed by atoms with Crippen molar-refractivity contribution in [3.8, 4) is 0 Å². The Kier molecular flexibility index (Phi) is 2.44. The molecule has 0 unspecified atom stereocenters. The maximum Gasteiger partial charge on any atom is 0.425 e. The summed E-state index contributed by atoms with van der Waals surface area (Å²) in [6.07, 6.45) is 0. The lowest BCUT2D eigenvalue weighted by Gasteiger charge is -2.16. The fourth-order valence-corrected chi connectivity index (χ4v) is 7.04. The maximum absolute atomic E-state index is 12.7. The molecule has 2 aliphatic heterocycles. The maximum atomic E-state index is 12.7. The Morgan fingerprint density at radius 2 is 1.29 bits per heavy atom. The summed E-state index contributed by atoms with van der Waals surface area (Å²) < 4.78 is 67.9. The van der Waals surface area contributed by atoms with Crippen molar-refractivity contribution in [2.75, 3.05) is 13.2 Å². The molecule has 14 heavy (non-hydrogen) atoms. The Hall–Kier alpha value is 0.330. The molecule has 0 atom stereocenters. The molecule has 0 N–H and O–H groups in total. The van der Waals surface area contributed by atoms with Crippen LogP contribution in [-0.4, -0.2) is 13.2 Å². The van der Waals surface area contributed by atoms with Gasteiger partial charge in [-0.3, -0.25) is 0 Å². The zero-order valence-electron chi connectivity index (χ0n) is 6.43. The lowest BCUT2D eigenvalue weighted by Crippen LogP contribution is -1.79. The minimum Gasteiger partial charge on any atom is -0.304 e. The van der Waals surface area contributed by atoms with Crippen molar-refractivity contribution in [1.82, 2.24) is 0 Å². The monoisotopic (exact) mass is 271 g/mol. The number of rotatable bonds is 0. The van der Waals surface area contributed by atoms with E-state index in [9.17, 15) is 16.8 Å². The molecule has 0 aromatic carbocycles. The van der Waals surface area contributed by atoms with E-state index in [1.807, 2.05) is 0 Å². The molecule has 2 aliphatic rings. The molecule has 1 spiro atoms. The summed E-state index contributed by atoms with van der Waals surface area (Å²) in [6, 6.07) is 0. The minimum atomic E-state index is -5.32. The topological polar surface area (TPSA) is 55.5 Å². The average molecular weight is 271 g/mol. The predicted molar refractivity (Wildman–Crippen MR) is 44.4 cm³/mol. The Labute approximate surface area is 76.8 Å². The molecule has 1 saturated heterocycles. The predicted octanol–water partition coefficient (Wildman–Crippen LogP) is 4.76. The summed E-state index contributed by atoms with van der Waals surface area (Å²) >= 11 is 0. The van der Waals surface area contributed by atoms with Gasteiger partial charge in [-0.05, 0) is 0 Å². The quantitative estimate of drug-likeness (QED) is 0.471. The second kappa shape index (κ2) is 3.16. The van der Waals surface area contributed by atoms with Gasteiger partial charge in [0.25, 0.3) is 0 Å². The van der Waals surface area contributed by atoms with E-state index in [1.54, 1.807) is 0 Å². The minimum absolute atomic E-state index is 0.0409. The molecular weight excluding hydrogens is 267 g/mol. The summed E-state index contributed by atoms with van der Waals surface area (Å²) in [6.45, 7) is -0.0818. The first kappa shape index (κ1) is 10.8. The number of hydrogen-bond acceptors (Lipinski definition) is 5. The van der Waals surface area contributed by atoms with Gasteiger partial charge >= 0.3 is 23.3 Å². The van der Waals surface area contributed by atoms with Crippen LogP contribution in [0.15, 0.2) is 13.5 Å². The zero-order valence-corrected chi connectivity index (χ0v) is 9.11. The van der Waals surface area contributed by atoms with E-state index in [0.717, 1.165) is 0 Å². The van der Waals surface area contributed by atoms with Crippen LogP contribution in [0.1, 0.15) is 0 Å². The van der Waals surface area contributed by atoms with E-state index in [2.05, 4.69) is 22.6 Å². The second-order valence-electron chi connectivity index (χ2n) is 2.34. The Morgan fingerprint density at radius 1 is 0.786 bits per heavy atom. The van der Waals surface area contributed by atoms with E-state index in [1.165, 1.54) is 0 Å². The van der Waals surface area contributed by atoms with Gasteiger partial charge in [-0.15, -0.1) is 30.3 Å². The van der Waals surface area contributed by atoms with Gasteiger partial charge in [0.1, 0.15) is 0 Å². The molecule has 0 radical (unpaired) electrons. The molecule has 82 valence electrons. The molecule has 0 bridgehead atoms. The van der Waals surface area contributed by atoms with Crippen molar-refractivity contribution in [1.29, 1.82) is 0 Å². The van der Waals surface area contributed by atoms with Crippen LogP contribution in [0, 0.1) is 0 Å². The van der Waals surface area contributed by atoms with Gasteiger partial charge < -0.3 is 9.05 Å². The molecule has 2 heterocycles. The van der Waals surface area contributed by atoms with Crippen LogP contribution in [0.2, 0.25) is 0 Å². The molecule has 0 saturated carbocycles. The normalized spacial score (nSPS) is 31.7. The molecule has 0 amide bonds. The van der Waals surface area contributed by atoms with Gasteiger partial charge in [0.05, 0.1) is 13.2 Å². The molecule has 0 aromatic rings. The lowest BCUT2D eigenvalue weighted by atomic mass is 10.8. The fourth-order valence-electron chi connectivity index (χ4n) is 0.908. The molecule has 0 aliphatic carbocycles. The van der Waals surface area contributed by atoms with Crippen LogP contribution in [0.3, 0.4) is 0 Å². The molecule has 1 fully saturated rings. The highest BCUT2D eigenvalue weighted by Crippen LogP contribution is 2.82. The van der Waals surface area contributed by atoms with Gasteiger partial charge in [-0.1, -0.05) is 0 Å². The molecule has 5 nitrogen and oxygen atoms in total. The summed E-state index contributed by atoms with van der Waals surface area (Å²) in [4.78, 5) is 0. The molecule has 12 heteroatoms.